The molecule has 0 fully saturated rings. The minimum absolute atomic E-state index is 0.0507. The molecule has 2 aliphatic heterocycles. The highest BCUT2D eigenvalue weighted by molar-refractivity contribution is 6.38. The molecule has 6 heteroatoms. The van der Waals surface area contributed by atoms with Crippen molar-refractivity contribution in [3.05, 3.63) is 89.5 Å². The van der Waals surface area contributed by atoms with E-state index in [0.29, 0.717) is 40.1 Å². The van der Waals surface area contributed by atoms with E-state index in [4.69, 9.17) is 4.74 Å². The zero-order chi connectivity index (χ0) is 23.3. The first-order valence-electron chi connectivity index (χ1n) is 10.8. The Balaban J connectivity index is 1.86. The maximum atomic E-state index is 14.2. The Morgan fingerprint density at radius 3 is 2.03 bits per heavy atom. The fraction of sp³-hybridized carbons (Fsp3) is 0.185. The number of para-hydroxylation sites is 1. The van der Waals surface area contributed by atoms with Crippen molar-refractivity contribution in [2.24, 2.45) is 5.92 Å². The number of nitrogens with zero attached hydrogens (tertiary/aromatic N) is 1. The summed E-state index contributed by atoms with van der Waals surface area (Å²) in [6.45, 7) is 3.96. The summed E-state index contributed by atoms with van der Waals surface area (Å²) >= 11 is 0. The normalized spacial score (nSPS) is 19.5. The number of phenolic OH excluding ortho intramolecular Hbond substituents is 2. The van der Waals surface area contributed by atoms with E-state index in [0.717, 1.165) is 0 Å². The Morgan fingerprint density at radius 1 is 0.848 bits per heavy atom. The predicted molar refractivity (Wildman–Crippen MR) is 125 cm³/mol. The summed E-state index contributed by atoms with van der Waals surface area (Å²) < 4.78 is 6.00. The number of esters is 1. The highest BCUT2D eigenvalue weighted by Gasteiger charge is 2.60. The van der Waals surface area contributed by atoms with Crippen LogP contribution < -0.4 is 4.90 Å². The lowest BCUT2D eigenvalue weighted by atomic mass is 9.90. The molecule has 0 saturated carbocycles. The van der Waals surface area contributed by atoms with E-state index < -0.39 is 11.7 Å². The molecule has 0 saturated heterocycles. The molecule has 6 nitrogen and oxygen atoms in total. The van der Waals surface area contributed by atoms with Crippen LogP contribution in [0.2, 0.25) is 0 Å². The van der Waals surface area contributed by atoms with E-state index in [1.165, 1.54) is 12.1 Å². The van der Waals surface area contributed by atoms with E-state index in [1.807, 2.05) is 30.9 Å². The van der Waals surface area contributed by atoms with Gasteiger partial charge in [-0.05, 0) is 65.6 Å². The second-order valence-corrected chi connectivity index (χ2v) is 8.77. The van der Waals surface area contributed by atoms with E-state index in [1.54, 1.807) is 48.5 Å². The van der Waals surface area contributed by atoms with Crippen molar-refractivity contribution in [2.75, 3.05) is 4.90 Å². The number of hydrogen-bond acceptors (Lipinski definition) is 6. The molecule has 0 aromatic heterocycles. The number of ether oxygens (including phenoxy) is 1. The van der Waals surface area contributed by atoms with E-state index in [-0.39, 0.29) is 23.2 Å². The van der Waals surface area contributed by atoms with Gasteiger partial charge in [-0.25, -0.2) is 4.79 Å². The Kier molecular flexibility index (Phi) is 4.74. The molecule has 2 aliphatic rings. The number of phenols is 2. The Labute approximate surface area is 191 Å². The average molecular weight is 441 g/mol. The molecule has 33 heavy (non-hydrogen) atoms. The highest BCUT2D eigenvalue weighted by Crippen LogP contribution is 2.53. The molecule has 0 amide bonds. The van der Waals surface area contributed by atoms with Gasteiger partial charge < -0.3 is 14.9 Å². The van der Waals surface area contributed by atoms with Crippen LogP contribution in [0.3, 0.4) is 0 Å². The summed E-state index contributed by atoms with van der Waals surface area (Å²) in [6.07, 6.45) is 0.301. The van der Waals surface area contributed by atoms with Crippen molar-refractivity contribution < 1.29 is 24.5 Å². The molecular formula is C27H23NO5. The number of Topliss-reactive ketones (excluding diaryl/α,β-unsaturated/α-hetero) is 1. The summed E-state index contributed by atoms with van der Waals surface area (Å²) in [5, 5.41) is 19.7. The second kappa shape index (κ2) is 7.52. The summed E-state index contributed by atoms with van der Waals surface area (Å²) in [5.74, 6) is -0.605. The van der Waals surface area contributed by atoms with E-state index in [2.05, 4.69) is 0 Å². The molecule has 0 bridgehead atoms. The van der Waals surface area contributed by atoms with Gasteiger partial charge in [0.1, 0.15) is 11.5 Å². The average Bonchev–Trinajstić information content (AvgIpc) is 3.03. The SMILES string of the molecule is CC(C)C[C@@]12OC(=O)c3ccccc3N1C(c1ccc(O)cc1)=C(c1ccc(O)cc1)C2=O. The molecule has 166 valence electrons. The van der Waals surface area contributed by atoms with Crippen LogP contribution in [0.5, 0.6) is 11.5 Å². The number of fused-ring (bicyclic) bond motifs is 3. The van der Waals surface area contributed by atoms with Crippen LogP contribution in [0.25, 0.3) is 11.3 Å². The van der Waals surface area contributed by atoms with Crippen LogP contribution in [-0.2, 0) is 9.53 Å². The molecule has 2 heterocycles. The third-order valence-electron chi connectivity index (χ3n) is 6.01. The summed E-state index contributed by atoms with van der Waals surface area (Å²) in [6, 6.07) is 20.1. The first kappa shape index (κ1) is 20.8. The molecular weight excluding hydrogens is 418 g/mol. The molecule has 0 unspecified atom stereocenters. The van der Waals surface area contributed by atoms with Gasteiger partial charge in [-0.15, -0.1) is 0 Å². The monoisotopic (exact) mass is 441 g/mol. The number of rotatable bonds is 4. The lowest BCUT2D eigenvalue weighted by Gasteiger charge is -2.44. The largest absolute Gasteiger partial charge is 0.508 e. The van der Waals surface area contributed by atoms with Crippen LogP contribution in [0.1, 0.15) is 41.8 Å². The summed E-state index contributed by atoms with van der Waals surface area (Å²) in [7, 11) is 0. The van der Waals surface area contributed by atoms with Gasteiger partial charge in [0.2, 0.25) is 5.78 Å². The Hall–Kier alpha value is -4.06. The first-order valence-corrected chi connectivity index (χ1v) is 10.8. The first-order chi connectivity index (χ1) is 15.8. The van der Waals surface area contributed by atoms with Gasteiger partial charge in [-0.3, -0.25) is 9.69 Å². The lowest BCUT2D eigenvalue weighted by molar-refractivity contribution is -0.132. The van der Waals surface area contributed by atoms with Crippen molar-refractivity contribution in [3.8, 4) is 11.5 Å². The van der Waals surface area contributed by atoms with Crippen LogP contribution >= 0.6 is 0 Å². The quantitative estimate of drug-likeness (QED) is 0.556. The number of carbonyl (C=O) groups is 2. The fourth-order valence-electron chi connectivity index (χ4n) is 4.72. The molecule has 1 atom stereocenters. The predicted octanol–water partition coefficient (Wildman–Crippen LogP) is 4.97. The van der Waals surface area contributed by atoms with Gasteiger partial charge in [-0.1, -0.05) is 38.1 Å². The number of benzene rings is 3. The van der Waals surface area contributed by atoms with Crippen LogP contribution in [0, 0.1) is 5.92 Å². The van der Waals surface area contributed by atoms with Crippen molar-refractivity contribution in [1.82, 2.24) is 0 Å². The zero-order valence-electron chi connectivity index (χ0n) is 18.3. The van der Waals surface area contributed by atoms with Gasteiger partial charge in [0, 0.05) is 6.42 Å². The van der Waals surface area contributed by atoms with Crippen LogP contribution in [0.4, 0.5) is 5.69 Å². The lowest BCUT2D eigenvalue weighted by Crippen LogP contribution is -2.56. The van der Waals surface area contributed by atoms with Crippen molar-refractivity contribution in [3.63, 3.8) is 0 Å². The Bertz CT molecular complexity index is 1290. The van der Waals surface area contributed by atoms with E-state index >= 15 is 0 Å². The number of carbonyl (C=O) groups excluding carboxylic acids is 2. The number of hydrogen-bond donors (Lipinski definition) is 2. The molecule has 0 aliphatic carbocycles. The summed E-state index contributed by atoms with van der Waals surface area (Å²) in [4.78, 5) is 29.1. The number of aromatic hydroxyl groups is 2. The van der Waals surface area contributed by atoms with E-state index in [9.17, 15) is 19.8 Å². The van der Waals surface area contributed by atoms with Crippen LogP contribution in [0.15, 0.2) is 72.8 Å². The molecule has 0 radical (unpaired) electrons. The maximum Gasteiger partial charge on any atom is 0.342 e. The van der Waals surface area contributed by atoms with Gasteiger partial charge in [0.25, 0.3) is 5.72 Å². The highest BCUT2D eigenvalue weighted by atomic mass is 16.6. The molecule has 3 aromatic carbocycles. The summed E-state index contributed by atoms with van der Waals surface area (Å²) in [5.41, 5.74) is 1.74. The Morgan fingerprint density at radius 2 is 1.42 bits per heavy atom. The standard InChI is InChI=1S/C27H23NO5/c1-16(2)15-27-25(31)23(17-7-11-19(29)12-8-17)24(18-9-13-20(30)14-10-18)28(27)22-6-4-3-5-21(22)26(32)33-27/h3-14,16,29-30H,15H2,1-2H3/t27-/m0/s1. The zero-order valence-corrected chi connectivity index (χ0v) is 18.3. The van der Waals surface area contributed by atoms with Crippen molar-refractivity contribution in [2.45, 2.75) is 26.0 Å². The number of anilines is 1. The second-order valence-electron chi connectivity index (χ2n) is 8.77. The topological polar surface area (TPSA) is 87.1 Å². The third kappa shape index (κ3) is 3.18. The van der Waals surface area contributed by atoms with Crippen molar-refractivity contribution >= 4 is 28.7 Å². The van der Waals surface area contributed by atoms with Gasteiger partial charge in [-0.2, -0.15) is 0 Å². The van der Waals surface area contributed by atoms with Crippen LogP contribution in [-0.4, -0.2) is 27.7 Å². The number of ketones is 1. The molecule has 2 N–H and O–H groups in total. The smallest absolute Gasteiger partial charge is 0.342 e. The van der Waals surface area contributed by atoms with Gasteiger partial charge >= 0.3 is 5.97 Å². The minimum Gasteiger partial charge on any atom is -0.508 e. The maximum absolute atomic E-state index is 14.2. The van der Waals surface area contributed by atoms with Crippen molar-refractivity contribution in [1.29, 1.82) is 0 Å². The molecule has 0 spiro atoms. The molecule has 3 aromatic rings. The fourth-order valence-corrected chi connectivity index (χ4v) is 4.72. The third-order valence-corrected chi connectivity index (χ3v) is 6.01. The molecule has 5 rings (SSSR count). The minimum atomic E-state index is -1.53. The van der Waals surface area contributed by atoms with Gasteiger partial charge in [0.15, 0.2) is 0 Å². The van der Waals surface area contributed by atoms with Gasteiger partial charge in [0.05, 0.1) is 22.5 Å².